The van der Waals surface area contributed by atoms with E-state index in [0.717, 1.165) is 11.4 Å². The van der Waals surface area contributed by atoms with Gasteiger partial charge in [0, 0.05) is 11.1 Å². The fraction of sp³-hybridized carbons (Fsp3) is 0.429. The van der Waals surface area contributed by atoms with Gasteiger partial charge in [-0.05, 0) is 33.8 Å². The number of aromatic nitrogens is 3. The largest absolute Gasteiger partial charge is 0.388 e. The molecule has 1 aromatic carbocycles. The SMILES string of the molecule is Cc1cccc(-c2nnc(CO)n2C(C)(C)C)c1. The Kier molecular flexibility index (Phi) is 3.22. The van der Waals surface area contributed by atoms with Crippen molar-refractivity contribution < 1.29 is 5.11 Å². The first kappa shape index (κ1) is 12.8. The van der Waals surface area contributed by atoms with E-state index in [1.54, 1.807) is 0 Å². The molecular formula is C14H19N3O. The van der Waals surface area contributed by atoms with Crippen LogP contribution in [0.3, 0.4) is 0 Å². The van der Waals surface area contributed by atoms with Gasteiger partial charge in [-0.1, -0.05) is 23.8 Å². The summed E-state index contributed by atoms with van der Waals surface area (Å²) in [6.07, 6.45) is 0. The molecule has 0 unspecified atom stereocenters. The van der Waals surface area contributed by atoms with Gasteiger partial charge in [0.25, 0.3) is 0 Å². The molecule has 0 aliphatic carbocycles. The van der Waals surface area contributed by atoms with Gasteiger partial charge >= 0.3 is 0 Å². The van der Waals surface area contributed by atoms with Crippen molar-refractivity contribution in [1.29, 1.82) is 0 Å². The van der Waals surface area contributed by atoms with Gasteiger partial charge < -0.3 is 9.67 Å². The summed E-state index contributed by atoms with van der Waals surface area (Å²) in [4.78, 5) is 0. The minimum Gasteiger partial charge on any atom is -0.388 e. The third-order valence-electron chi connectivity index (χ3n) is 2.82. The van der Waals surface area contributed by atoms with Gasteiger partial charge in [-0.15, -0.1) is 10.2 Å². The molecule has 1 aromatic heterocycles. The molecule has 1 N–H and O–H groups in total. The molecule has 2 aromatic rings. The van der Waals surface area contributed by atoms with Crippen LogP contribution < -0.4 is 0 Å². The number of hydrogen-bond donors (Lipinski definition) is 1. The van der Waals surface area contributed by atoms with Gasteiger partial charge in [-0.25, -0.2) is 0 Å². The molecule has 18 heavy (non-hydrogen) atoms. The van der Waals surface area contributed by atoms with E-state index in [-0.39, 0.29) is 12.1 Å². The third kappa shape index (κ3) is 2.29. The van der Waals surface area contributed by atoms with Gasteiger partial charge in [0.15, 0.2) is 11.6 Å². The van der Waals surface area contributed by atoms with Crippen molar-refractivity contribution in [2.45, 2.75) is 39.8 Å². The molecule has 0 saturated carbocycles. The second-order valence-electron chi connectivity index (χ2n) is 5.47. The van der Waals surface area contributed by atoms with Crippen LogP contribution in [0.15, 0.2) is 24.3 Å². The maximum Gasteiger partial charge on any atom is 0.164 e. The highest BCUT2D eigenvalue weighted by Crippen LogP contribution is 2.26. The number of nitrogens with zero attached hydrogens (tertiary/aromatic N) is 3. The number of aliphatic hydroxyl groups is 1. The first-order valence-electron chi connectivity index (χ1n) is 6.06. The van der Waals surface area contributed by atoms with E-state index in [9.17, 15) is 5.11 Å². The predicted molar refractivity (Wildman–Crippen MR) is 71.1 cm³/mol. The lowest BCUT2D eigenvalue weighted by Crippen LogP contribution is -2.25. The normalized spacial score (nSPS) is 11.8. The number of aryl methyl sites for hydroxylation is 1. The summed E-state index contributed by atoms with van der Waals surface area (Å²) in [5.74, 6) is 1.40. The zero-order valence-electron chi connectivity index (χ0n) is 11.3. The van der Waals surface area contributed by atoms with E-state index in [2.05, 4.69) is 37.0 Å². The molecule has 0 fully saturated rings. The van der Waals surface area contributed by atoms with Crippen LogP contribution in [0.2, 0.25) is 0 Å². The molecule has 0 spiro atoms. The van der Waals surface area contributed by atoms with Crippen LogP contribution >= 0.6 is 0 Å². The second kappa shape index (κ2) is 4.53. The molecule has 0 atom stereocenters. The quantitative estimate of drug-likeness (QED) is 0.884. The number of rotatable bonds is 2. The smallest absolute Gasteiger partial charge is 0.164 e. The molecule has 96 valence electrons. The Morgan fingerprint density at radius 1 is 1.22 bits per heavy atom. The van der Waals surface area contributed by atoms with Crippen molar-refractivity contribution in [2.24, 2.45) is 0 Å². The second-order valence-corrected chi connectivity index (χ2v) is 5.47. The molecule has 0 aliphatic rings. The number of benzene rings is 1. The van der Waals surface area contributed by atoms with Gasteiger partial charge in [0.1, 0.15) is 6.61 Å². The molecule has 1 heterocycles. The standard InChI is InChI=1S/C14H19N3O/c1-10-6-5-7-11(8-10)13-16-15-12(9-18)17(13)14(2,3)4/h5-8,18H,9H2,1-4H3. The van der Waals surface area contributed by atoms with Crippen LogP contribution in [0.25, 0.3) is 11.4 Å². The van der Waals surface area contributed by atoms with Crippen molar-refractivity contribution in [3.8, 4) is 11.4 Å². The zero-order chi connectivity index (χ0) is 13.3. The van der Waals surface area contributed by atoms with E-state index < -0.39 is 0 Å². The molecule has 0 aliphatic heterocycles. The average molecular weight is 245 g/mol. The highest BCUT2D eigenvalue weighted by molar-refractivity contribution is 5.56. The Hall–Kier alpha value is -1.68. The topological polar surface area (TPSA) is 50.9 Å². The molecule has 0 bridgehead atoms. The lowest BCUT2D eigenvalue weighted by atomic mass is 10.1. The van der Waals surface area contributed by atoms with Gasteiger partial charge in [0.2, 0.25) is 0 Å². The average Bonchev–Trinajstić information content (AvgIpc) is 2.72. The highest BCUT2D eigenvalue weighted by atomic mass is 16.3. The summed E-state index contributed by atoms with van der Waals surface area (Å²) in [5, 5.41) is 17.7. The first-order chi connectivity index (χ1) is 8.43. The van der Waals surface area contributed by atoms with Crippen molar-refractivity contribution in [2.75, 3.05) is 0 Å². The molecule has 0 radical (unpaired) electrons. The fourth-order valence-corrected chi connectivity index (χ4v) is 2.09. The maximum absolute atomic E-state index is 9.37. The number of hydrogen-bond acceptors (Lipinski definition) is 3. The summed E-state index contributed by atoms with van der Waals surface area (Å²) >= 11 is 0. The summed E-state index contributed by atoms with van der Waals surface area (Å²) < 4.78 is 1.99. The molecular weight excluding hydrogens is 226 g/mol. The first-order valence-corrected chi connectivity index (χ1v) is 6.06. The summed E-state index contributed by atoms with van der Waals surface area (Å²) in [7, 11) is 0. The minimum absolute atomic E-state index is 0.101. The Morgan fingerprint density at radius 2 is 1.94 bits per heavy atom. The maximum atomic E-state index is 9.37. The van der Waals surface area contributed by atoms with Crippen molar-refractivity contribution in [3.63, 3.8) is 0 Å². The van der Waals surface area contributed by atoms with Crippen LogP contribution in [0.5, 0.6) is 0 Å². The molecule has 4 nitrogen and oxygen atoms in total. The summed E-state index contributed by atoms with van der Waals surface area (Å²) in [6.45, 7) is 8.18. The van der Waals surface area contributed by atoms with Crippen LogP contribution in [-0.4, -0.2) is 19.9 Å². The van der Waals surface area contributed by atoms with Gasteiger partial charge in [-0.3, -0.25) is 0 Å². The minimum atomic E-state index is -0.166. The van der Waals surface area contributed by atoms with E-state index >= 15 is 0 Å². The Bertz CT molecular complexity index is 552. The summed E-state index contributed by atoms with van der Waals surface area (Å²) in [6, 6.07) is 8.15. The fourth-order valence-electron chi connectivity index (χ4n) is 2.09. The van der Waals surface area contributed by atoms with E-state index in [1.165, 1.54) is 5.56 Å². The Balaban J connectivity index is 2.62. The van der Waals surface area contributed by atoms with Crippen molar-refractivity contribution in [1.82, 2.24) is 14.8 Å². The monoisotopic (exact) mass is 245 g/mol. The Labute approximate surface area is 107 Å². The van der Waals surface area contributed by atoms with Crippen LogP contribution in [0.4, 0.5) is 0 Å². The van der Waals surface area contributed by atoms with Crippen LogP contribution in [-0.2, 0) is 12.1 Å². The van der Waals surface area contributed by atoms with E-state index in [1.807, 2.05) is 29.7 Å². The molecule has 2 rings (SSSR count). The van der Waals surface area contributed by atoms with Crippen LogP contribution in [0, 0.1) is 6.92 Å². The zero-order valence-corrected chi connectivity index (χ0v) is 11.3. The lowest BCUT2D eigenvalue weighted by Gasteiger charge is -2.24. The predicted octanol–water partition coefficient (Wildman–Crippen LogP) is 2.50. The molecule has 4 heteroatoms. The molecule has 0 amide bonds. The van der Waals surface area contributed by atoms with Gasteiger partial charge in [-0.2, -0.15) is 0 Å². The lowest BCUT2D eigenvalue weighted by molar-refractivity contribution is 0.250. The van der Waals surface area contributed by atoms with Crippen molar-refractivity contribution in [3.05, 3.63) is 35.7 Å². The van der Waals surface area contributed by atoms with E-state index in [0.29, 0.717) is 5.82 Å². The highest BCUT2D eigenvalue weighted by Gasteiger charge is 2.23. The van der Waals surface area contributed by atoms with Gasteiger partial charge in [0.05, 0.1) is 0 Å². The third-order valence-corrected chi connectivity index (χ3v) is 2.82. The van der Waals surface area contributed by atoms with Crippen LogP contribution in [0.1, 0.15) is 32.2 Å². The van der Waals surface area contributed by atoms with Crippen molar-refractivity contribution >= 4 is 0 Å². The molecule has 0 saturated heterocycles. The number of aliphatic hydroxyl groups excluding tert-OH is 1. The summed E-state index contributed by atoms with van der Waals surface area (Å²) in [5.41, 5.74) is 2.04. The van der Waals surface area contributed by atoms with E-state index in [4.69, 9.17) is 0 Å². The Morgan fingerprint density at radius 3 is 2.50 bits per heavy atom.